The van der Waals surface area contributed by atoms with E-state index >= 15 is 0 Å². The standard InChI is InChI=1S/C13H18Cl2N2O3/c1-9-11(14)7-10(8-12(9)15)17-13(19)16-3-2-5-20-6-4-18/h7-8,18H,2-6H2,1H3,(H2,16,17,19). The lowest BCUT2D eigenvalue weighted by molar-refractivity contribution is 0.0910. The van der Waals surface area contributed by atoms with Crippen LogP contribution in [0.2, 0.25) is 10.0 Å². The van der Waals surface area contributed by atoms with E-state index in [1.54, 1.807) is 19.1 Å². The molecule has 0 aliphatic rings. The van der Waals surface area contributed by atoms with Gasteiger partial charge in [-0.05, 0) is 31.0 Å². The smallest absolute Gasteiger partial charge is 0.319 e. The van der Waals surface area contributed by atoms with Crippen LogP contribution in [0, 0.1) is 6.92 Å². The second-order valence-electron chi connectivity index (χ2n) is 4.14. The summed E-state index contributed by atoms with van der Waals surface area (Å²) in [5.41, 5.74) is 1.32. The lowest BCUT2D eigenvalue weighted by Crippen LogP contribution is -2.30. The highest BCUT2D eigenvalue weighted by Crippen LogP contribution is 2.27. The van der Waals surface area contributed by atoms with Crippen molar-refractivity contribution >= 4 is 34.9 Å². The first-order valence-electron chi connectivity index (χ1n) is 6.23. The van der Waals surface area contributed by atoms with Gasteiger partial charge in [-0.25, -0.2) is 4.79 Å². The summed E-state index contributed by atoms with van der Waals surface area (Å²) in [5, 5.41) is 14.9. The Morgan fingerprint density at radius 2 is 1.95 bits per heavy atom. The van der Waals surface area contributed by atoms with Gasteiger partial charge < -0.3 is 20.5 Å². The Labute approximate surface area is 128 Å². The number of ether oxygens (including phenoxy) is 1. The van der Waals surface area contributed by atoms with Crippen molar-refractivity contribution < 1.29 is 14.6 Å². The van der Waals surface area contributed by atoms with E-state index in [-0.39, 0.29) is 12.6 Å². The zero-order valence-electron chi connectivity index (χ0n) is 11.2. The van der Waals surface area contributed by atoms with Crippen LogP contribution in [-0.4, -0.2) is 37.5 Å². The van der Waals surface area contributed by atoms with E-state index < -0.39 is 0 Å². The number of hydrogen-bond donors (Lipinski definition) is 3. The molecule has 0 atom stereocenters. The van der Waals surface area contributed by atoms with Gasteiger partial charge in [-0.3, -0.25) is 0 Å². The summed E-state index contributed by atoms with van der Waals surface area (Å²) in [7, 11) is 0. The SMILES string of the molecule is Cc1c(Cl)cc(NC(=O)NCCCOCCO)cc1Cl. The third-order valence-electron chi connectivity index (χ3n) is 2.53. The van der Waals surface area contributed by atoms with Gasteiger partial charge >= 0.3 is 6.03 Å². The van der Waals surface area contributed by atoms with Crippen LogP contribution in [0.4, 0.5) is 10.5 Å². The first-order chi connectivity index (χ1) is 9.54. The number of amides is 2. The number of nitrogens with one attached hydrogen (secondary N) is 2. The number of benzene rings is 1. The summed E-state index contributed by atoms with van der Waals surface area (Å²) >= 11 is 12.0. The van der Waals surface area contributed by atoms with Gasteiger partial charge in [-0.1, -0.05) is 23.2 Å². The Hall–Kier alpha value is -1.01. The maximum atomic E-state index is 11.6. The summed E-state index contributed by atoms with van der Waals surface area (Å²) < 4.78 is 5.07. The maximum absolute atomic E-state index is 11.6. The third-order valence-corrected chi connectivity index (χ3v) is 3.31. The van der Waals surface area contributed by atoms with Crippen molar-refractivity contribution in [3.63, 3.8) is 0 Å². The second kappa shape index (κ2) is 9.02. The van der Waals surface area contributed by atoms with E-state index in [4.69, 9.17) is 33.0 Å². The molecule has 7 heteroatoms. The minimum atomic E-state index is -0.330. The van der Waals surface area contributed by atoms with Crippen molar-refractivity contribution in [1.82, 2.24) is 5.32 Å². The molecule has 0 unspecified atom stereocenters. The van der Waals surface area contributed by atoms with E-state index in [1.807, 2.05) is 0 Å². The molecular weight excluding hydrogens is 303 g/mol. The average molecular weight is 321 g/mol. The van der Waals surface area contributed by atoms with Crippen LogP contribution in [0.5, 0.6) is 0 Å². The Bertz CT molecular complexity index is 432. The molecule has 0 aliphatic heterocycles. The fraction of sp³-hybridized carbons (Fsp3) is 0.462. The van der Waals surface area contributed by atoms with Crippen LogP contribution in [0.25, 0.3) is 0 Å². The van der Waals surface area contributed by atoms with E-state index in [1.165, 1.54) is 0 Å². The molecule has 0 aromatic heterocycles. The number of carbonyl (C=O) groups is 1. The molecule has 1 rings (SSSR count). The fourth-order valence-electron chi connectivity index (χ4n) is 1.44. The van der Waals surface area contributed by atoms with Gasteiger partial charge in [-0.15, -0.1) is 0 Å². The maximum Gasteiger partial charge on any atom is 0.319 e. The molecule has 0 saturated carbocycles. The molecule has 1 aromatic rings. The number of carbonyl (C=O) groups excluding carboxylic acids is 1. The molecule has 112 valence electrons. The summed E-state index contributed by atoms with van der Waals surface area (Å²) in [4.78, 5) is 11.6. The number of anilines is 1. The number of halogens is 2. The molecule has 2 amide bonds. The van der Waals surface area contributed by atoms with Gasteiger partial charge in [0.1, 0.15) is 0 Å². The van der Waals surface area contributed by atoms with Gasteiger partial charge in [0.15, 0.2) is 0 Å². The second-order valence-corrected chi connectivity index (χ2v) is 4.95. The zero-order valence-corrected chi connectivity index (χ0v) is 12.7. The highest BCUT2D eigenvalue weighted by atomic mass is 35.5. The van der Waals surface area contributed by atoms with E-state index in [0.717, 1.165) is 5.56 Å². The number of rotatable bonds is 7. The number of aliphatic hydroxyl groups excluding tert-OH is 1. The summed E-state index contributed by atoms with van der Waals surface area (Å²) in [6.07, 6.45) is 0.669. The van der Waals surface area contributed by atoms with Crippen molar-refractivity contribution in [3.05, 3.63) is 27.7 Å². The van der Waals surface area contributed by atoms with E-state index in [0.29, 0.717) is 41.9 Å². The largest absolute Gasteiger partial charge is 0.394 e. The van der Waals surface area contributed by atoms with Crippen molar-refractivity contribution in [2.75, 3.05) is 31.7 Å². The van der Waals surface area contributed by atoms with Gasteiger partial charge in [0.05, 0.1) is 13.2 Å². The predicted molar refractivity (Wildman–Crippen MR) is 80.7 cm³/mol. The van der Waals surface area contributed by atoms with Crippen molar-refractivity contribution in [1.29, 1.82) is 0 Å². The number of hydrogen-bond acceptors (Lipinski definition) is 3. The van der Waals surface area contributed by atoms with Crippen molar-refractivity contribution in [2.24, 2.45) is 0 Å². The molecular formula is C13H18Cl2N2O3. The molecule has 0 heterocycles. The average Bonchev–Trinajstić information content (AvgIpc) is 2.40. The third kappa shape index (κ3) is 5.96. The van der Waals surface area contributed by atoms with Crippen molar-refractivity contribution in [2.45, 2.75) is 13.3 Å². The Morgan fingerprint density at radius 3 is 2.55 bits per heavy atom. The van der Waals surface area contributed by atoms with Crippen molar-refractivity contribution in [3.8, 4) is 0 Å². The molecule has 0 saturated heterocycles. The highest BCUT2D eigenvalue weighted by molar-refractivity contribution is 6.36. The lowest BCUT2D eigenvalue weighted by atomic mass is 10.2. The number of urea groups is 1. The quantitative estimate of drug-likeness (QED) is 0.676. The molecule has 0 spiro atoms. The first kappa shape index (κ1) is 17.0. The molecule has 0 fully saturated rings. The minimum Gasteiger partial charge on any atom is -0.394 e. The van der Waals surface area contributed by atoms with Crippen LogP contribution >= 0.6 is 23.2 Å². The van der Waals surface area contributed by atoms with Crippen LogP contribution in [0.3, 0.4) is 0 Å². The van der Waals surface area contributed by atoms with Crippen LogP contribution in [0.1, 0.15) is 12.0 Å². The van der Waals surface area contributed by atoms with E-state index in [9.17, 15) is 4.79 Å². The molecule has 20 heavy (non-hydrogen) atoms. The Kier molecular flexibility index (Phi) is 7.69. The normalized spacial score (nSPS) is 10.4. The number of aliphatic hydroxyl groups is 1. The lowest BCUT2D eigenvalue weighted by Gasteiger charge is -2.10. The van der Waals surface area contributed by atoms with Gasteiger partial charge in [0.2, 0.25) is 0 Å². The summed E-state index contributed by atoms with van der Waals surface area (Å²) in [6.45, 7) is 3.09. The van der Waals surface area contributed by atoms with Crippen LogP contribution < -0.4 is 10.6 Å². The Balaban J connectivity index is 2.32. The molecule has 0 bridgehead atoms. The van der Waals surface area contributed by atoms with Gasteiger partial charge in [-0.2, -0.15) is 0 Å². The highest BCUT2D eigenvalue weighted by Gasteiger charge is 2.06. The first-order valence-corrected chi connectivity index (χ1v) is 6.99. The summed E-state index contributed by atoms with van der Waals surface area (Å²) in [5.74, 6) is 0. The monoisotopic (exact) mass is 320 g/mol. The van der Waals surface area contributed by atoms with Crippen LogP contribution in [0.15, 0.2) is 12.1 Å². The molecule has 0 aliphatic carbocycles. The summed E-state index contributed by atoms with van der Waals surface area (Å²) in [6, 6.07) is 2.96. The zero-order chi connectivity index (χ0) is 15.0. The predicted octanol–water partition coefficient (Wildman–Crippen LogP) is 2.82. The minimum absolute atomic E-state index is 0.00283. The van der Waals surface area contributed by atoms with Gasteiger partial charge in [0, 0.05) is 28.9 Å². The van der Waals surface area contributed by atoms with Crippen LogP contribution in [-0.2, 0) is 4.74 Å². The molecule has 5 nitrogen and oxygen atoms in total. The van der Waals surface area contributed by atoms with E-state index in [2.05, 4.69) is 10.6 Å². The molecule has 1 aromatic carbocycles. The Morgan fingerprint density at radius 1 is 1.30 bits per heavy atom. The van der Waals surface area contributed by atoms with Gasteiger partial charge in [0.25, 0.3) is 0 Å². The molecule has 0 radical (unpaired) electrons. The topological polar surface area (TPSA) is 70.6 Å². The fourth-order valence-corrected chi connectivity index (χ4v) is 1.92. The molecule has 3 N–H and O–H groups in total.